The van der Waals surface area contributed by atoms with Crippen LogP contribution in [0, 0.1) is 5.41 Å². The van der Waals surface area contributed by atoms with Gasteiger partial charge in [-0.2, -0.15) is 13.2 Å². The van der Waals surface area contributed by atoms with E-state index in [0.717, 1.165) is 25.7 Å². The largest absolute Gasteiger partial charge is 0.446 e. The molecule has 1 aliphatic rings. The van der Waals surface area contributed by atoms with E-state index in [9.17, 15) is 13.2 Å². The van der Waals surface area contributed by atoms with Gasteiger partial charge in [-0.3, -0.25) is 0 Å². The maximum absolute atomic E-state index is 12.5. The number of halogens is 3. The van der Waals surface area contributed by atoms with Gasteiger partial charge in [-0.25, -0.2) is 0 Å². The minimum absolute atomic E-state index is 0.0468. The van der Waals surface area contributed by atoms with Gasteiger partial charge in [-0.15, -0.1) is 0 Å². The van der Waals surface area contributed by atoms with Crippen molar-refractivity contribution in [3.8, 4) is 0 Å². The number of alkyl halides is 3. The van der Waals surface area contributed by atoms with Crippen LogP contribution < -0.4 is 5.32 Å². The van der Waals surface area contributed by atoms with E-state index in [0.29, 0.717) is 11.1 Å². The van der Waals surface area contributed by atoms with Crippen LogP contribution in [0.2, 0.25) is 0 Å². The molecule has 1 saturated carbocycles. The molecule has 0 atom stereocenters. The number of thioether (sulfide) groups is 1. The average molecular weight is 303 g/mol. The highest BCUT2D eigenvalue weighted by atomic mass is 32.2. The first-order chi connectivity index (χ1) is 9.25. The summed E-state index contributed by atoms with van der Waals surface area (Å²) < 4.78 is 37.6. The molecule has 0 aliphatic heterocycles. The molecule has 1 fully saturated rings. The molecule has 0 aromatic heterocycles. The van der Waals surface area contributed by atoms with E-state index < -0.39 is 5.51 Å². The first-order valence-corrected chi connectivity index (χ1v) is 7.68. The van der Waals surface area contributed by atoms with Crippen LogP contribution in [0.5, 0.6) is 0 Å². The summed E-state index contributed by atoms with van der Waals surface area (Å²) in [6.45, 7) is 4.49. The number of rotatable bonds is 3. The lowest BCUT2D eigenvalue weighted by atomic mass is 9.75. The minimum Gasteiger partial charge on any atom is -0.381 e. The van der Waals surface area contributed by atoms with Gasteiger partial charge in [0.25, 0.3) is 0 Å². The van der Waals surface area contributed by atoms with Crippen LogP contribution >= 0.6 is 11.8 Å². The molecule has 0 bridgehead atoms. The summed E-state index contributed by atoms with van der Waals surface area (Å²) >= 11 is -0.0468. The smallest absolute Gasteiger partial charge is 0.381 e. The van der Waals surface area contributed by atoms with Crippen LogP contribution in [0.1, 0.15) is 39.5 Å². The van der Waals surface area contributed by atoms with Crippen molar-refractivity contribution in [1.82, 2.24) is 0 Å². The van der Waals surface area contributed by atoms with Crippen LogP contribution in [-0.2, 0) is 0 Å². The number of hydrogen-bond acceptors (Lipinski definition) is 2. The Morgan fingerprint density at radius 2 is 1.75 bits per heavy atom. The van der Waals surface area contributed by atoms with Crippen molar-refractivity contribution in [2.24, 2.45) is 5.41 Å². The summed E-state index contributed by atoms with van der Waals surface area (Å²) in [5, 5.41) is 3.29. The third kappa shape index (κ3) is 4.62. The fourth-order valence-electron chi connectivity index (χ4n) is 2.56. The molecule has 1 aliphatic carbocycles. The van der Waals surface area contributed by atoms with Gasteiger partial charge in [0.2, 0.25) is 0 Å². The van der Waals surface area contributed by atoms with Gasteiger partial charge in [0.15, 0.2) is 0 Å². The molecule has 0 radical (unpaired) electrons. The Balaban J connectivity index is 2.03. The predicted molar refractivity (Wildman–Crippen MR) is 78.0 cm³/mol. The Morgan fingerprint density at radius 3 is 2.35 bits per heavy atom. The normalized spacial score (nSPS) is 19.9. The molecule has 5 heteroatoms. The zero-order chi connectivity index (χ0) is 14.8. The highest BCUT2D eigenvalue weighted by molar-refractivity contribution is 8.00. The van der Waals surface area contributed by atoms with Crippen molar-refractivity contribution < 1.29 is 13.2 Å². The SMILES string of the molecule is CC1(C)CCC(Nc2ccccc2SC(F)(F)F)CC1. The van der Waals surface area contributed by atoms with Crippen molar-refractivity contribution in [2.45, 2.75) is 56.0 Å². The number of anilines is 1. The molecular formula is C15H20F3NS. The molecule has 1 aromatic rings. The summed E-state index contributed by atoms with van der Waals surface area (Å²) in [4.78, 5) is 0.254. The molecule has 1 aromatic carbocycles. The second-order valence-electron chi connectivity index (χ2n) is 6.13. The number of benzene rings is 1. The molecule has 1 N–H and O–H groups in total. The summed E-state index contributed by atoms with van der Waals surface area (Å²) in [5.41, 5.74) is -3.29. The molecule has 0 saturated heterocycles. The van der Waals surface area contributed by atoms with Gasteiger partial charge in [-0.05, 0) is 55.0 Å². The summed E-state index contributed by atoms with van der Waals surface area (Å²) in [6.07, 6.45) is 4.24. The zero-order valence-corrected chi connectivity index (χ0v) is 12.6. The van der Waals surface area contributed by atoms with Crippen LogP contribution in [0.15, 0.2) is 29.2 Å². The molecular weight excluding hydrogens is 283 g/mol. The topological polar surface area (TPSA) is 12.0 Å². The molecule has 0 amide bonds. The second kappa shape index (κ2) is 5.88. The Hall–Kier alpha value is -0.840. The van der Waals surface area contributed by atoms with Gasteiger partial charge in [0.1, 0.15) is 0 Å². The van der Waals surface area contributed by atoms with E-state index in [-0.39, 0.29) is 22.7 Å². The third-order valence-electron chi connectivity index (χ3n) is 3.81. The summed E-state index contributed by atoms with van der Waals surface area (Å²) in [5.74, 6) is 0. The Morgan fingerprint density at radius 1 is 1.15 bits per heavy atom. The second-order valence-corrected chi connectivity index (χ2v) is 7.23. The maximum atomic E-state index is 12.5. The van der Waals surface area contributed by atoms with E-state index in [1.54, 1.807) is 18.2 Å². The monoisotopic (exact) mass is 303 g/mol. The van der Waals surface area contributed by atoms with Gasteiger partial charge < -0.3 is 5.32 Å². The molecule has 0 heterocycles. The van der Waals surface area contributed by atoms with Gasteiger partial charge in [0, 0.05) is 16.6 Å². The quantitative estimate of drug-likeness (QED) is 0.721. The number of hydrogen-bond donors (Lipinski definition) is 1. The molecule has 1 nitrogen and oxygen atoms in total. The van der Waals surface area contributed by atoms with Crippen molar-refractivity contribution in [2.75, 3.05) is 5.32 Å². The Labute approximate surface area is 122 Å². The standard InChI is InChI=1S/C15H20F3NS/c1-14(2)9-7-11(8-10-14)19-12-5-3-4-6-13(12)20-15(16,17)18/h3-6,11,19H,7-10H2,1-2H3. The first kappa shape index (κ1) is 15.5. The molecule has 2 rings (SSSR count). The summed E-state index contributed by atoms with van der Waals surface area (Å²) in [6, 6.07) is 6.94. The highest BCUT2D eigenvalue weighted by Gasteiger charge is 2.31. The van der Waals surface area contributed by atoms with E-state index in [2.05, 4.69) is 19.2 Å². The fourth-order valence-corrected chi connectivity index (χ4v) is 3.20. The van der Waals surface area contributed by atoms with E-state index in [1.807, 2.05) is 0 Å². The van der Waals surface area contributed by atoms with Crippen molar-refractivity contribution in [3.05, 3.63) is 24.3 Å². The van der Waals surface area contributed by atoms with Gasteiger partial charge in [-0.1, -0.05) is 26.0 Å². The van der Waals surface area contributed by atoms with Crippen LogP contribution in [0.25, 0.3) is 0 Å². The number of nitrogens with one attached hydrogen (secondary N) is 1. The lowest BCUT2D eigenvalue weighted by molar-refractivity contribution is -0.0327. The van der Waals surface area contributed by atoms with Crippen molar-refractivity contribution in [1.29, 1.82) is 0 Å². The fraction of sp³-hybridized carbons (Fsp3) is 0.600. The van der Waals surface area contributed by atoms with Crippen LogP contribution in [0.4, 0.5) is 18.9 Å². The first-order valence-electron chi connectivity index (χ1n) is 6.86. The van der Waals surface area contributed by atoms with E-state index >= 15 is 0 Å². The summed E-state index contributed by atoms with van der Waals surface area (Å²) in [7, 11) is 0. The lowest BCUT2D eigenvalue weighted by Crippen LogP contribution is -2.30. The molecule has 0 unspecified atom stereocenters. The third-order valence-corrected chi connectivity index (χ3v) is 4.62. The minimum atomic E-state index is -4.24. The average Bonchev–Trinajstić information content (AvgIpc) is 2.32. The Bertz CT molecular complexity index is 447. The lowest BCUT2D eigenvalue weighted by Gasteiger charge is -2.35. The van der Waals surface area contributed by atoms with Crippen LogP contribution in [0.3, 0.4) is 0 Å². The predicted octanol–water partition coefficient (Wildman–Crippen LogP) is 5.68. The zero-order valence-electron chi connectivity index (χ0n) is 11.8. The van der Waals surface area contributed by atoms with Gasteiger partial charge in [0.05, 0.1) is 0 Å². The number of para-hydroxylation sites is 1. The van der Waals surface area contributed by atoms with E-state index in [4.69, 9.17) is 0 Å². The Kier molecular flexibility index (Phi) is 4.57. The van der Waals surface area contributed by atoms with Crippen molar-refractivity contribution in [3.63, 3.8) is 0 Å². The highest BCUT2D eigenvalue weighted by Crippen LogP contribution is 2.42. The molecule has 112 valence electrons. The van der Waals surface area contributed by atoms with Gasteiger partial charge >= 0.3 is 5.51 Å². The maximum Gasteiger partial charge on any atom is 0.446 e. The molecule has 20 heavy (non-hydrogen) atoms. The molecule has 0 spiro atoms. The van der Waals surface area contributed by atoms with E-state index in [1.165, 1.54) is 6.07 Å². The van der Waals surface area contributed by atoms with Crippen molar-refractivity contribution >= 4 is 17.4 Å². The van der Waals surface area contributed by atoms with Crippen LogP contribution in [-0.4, -0.2) is 11.6 Å².